The Morgan fingerprint density at radius 1 is 1.19 bits per heavy atom. The zero-order valence-electron chi connectivity index (χ0n) is 15.5. The molecule has 0 bridgehead atoms. The van der Waals surface area contributed by atoms with Gasteiger partial charge in [0.2, 0.25) is 0 Å². The van der Waals surface area contributed by atoms with E-state index in [1.165, 1.54) is 25.6 Å². The second kappa shape index (κ2) is 8.40. The van der Waals surface area contributed by atoms with Gasteiger partial charge in [0.1, 0.15) is 12.3 Å². The topological polar surface area (TPSA) is 70.3 Å². The van der Waals surface area contributed by atoms with Crippen LogP contribution in [0.4, 0.5) is 8.78 Å². The van der Waals surface area contributed by atoms with Crippen molar-refractivity contribution >= 4 is 0 Å². The van der Waals surface area contributed by atoms with E-state index < -0.39 is 12.0 Å². The van der Waals surface area contributed by atoms with Crippen molar-refractivity contribution in [3.63, 3.8) is 0 Å². The highest BCUT2D eigenvalue weighted by atomic mass is 19.3. The Kier molecular flexibility index (Phi) is 6.47. The van der Waals surface area contributed by atoms with E-state index in [1.807, 2.05) is 6.92 Å². The maximum Gasteiger partial charge on any atom is 0.280 e. The summed E-state index contributed by atoms with van der Waals surface area (Å²) >= 11 is 0. The Morgan fingerprint density at radius 3 is 2.54 bits per heavy atom. The largest absolute Gasteiger partial charge is 0.493 e. The van der Waals surface area contributed by atoms with Crippen LogP contribution in [0.25, 0.3) is 11.3 Å². The molecule has 142 valence electrons. The molecule has 1 unspecified atom stereocenters. The molecule has 0 aliphatic heterocycles. The Hall–Kier alpha value is -2.28. The summed E-state index contributed by atoms with van der Waals surface area (Å²) in [6.45, 7) is 6.45. The van der Waals surface area contributed by atoms with Gasteiger partial charge in [-0.2, -0.15) is 0 Å². The first-order chi connectivity index (χ1) is 12.2. The fraction of sp³-hybridized carbons (Fsp3) is 0.474. The highest BCUT2D eigenvalue weighted by Gasteiger charge is 2.22. The quantitative estimate of drug-likeness (QED) is 0.758. The van der Waals surface area contributed by atoms with Gasteiger partial charge < -0.3 is 15.2 Å². The molecule has 0 aliphatic carbocycles. The van der Waals surface area contributed by atoms with Crippen LogP contribution in [0.3, 0.4) is 0 Å². The number of hydrogen-bond donors (Lipinski definition) is 1. The van der Waals surface area contributed by atoms with Crippen molar-refractivity contribution < 1.29 is 18.3 Å². The SMILES string of the molecule is COc1cc(-c2ccnc(C(F)F)c2)ncc1OCC(C)(N)CC(C)C. The standard InChI is InChI=1S/C19H25F2N3O2/c1-12(2)9-19(3,22)11-26-17-10-24-14(8-16(17)25-4)13-5-6-23-15(7-13)18(20)21/h5-8,10,12,18H,9,11,22H2,1-4H3. The number of ether oxygens (including phenoxy) is 2. The molecule has 5 nitrogen and oxygen atoms in total. The molecule has 2 rings (SSSR count). The molecular weight excluding hydrogens is 340 g/mol. The summed E-state index contributed by atoms with van der Waals surface area (Å²) in [5.74, 6) is 1.37. The highest BCUT2D eigenvalue weighted by molar-refractivity contribution is 5.62. The van der Waals surface area contributed by atoms with Gasteiger partial charge in [-0.3, -0.25) is 9.97 Å². The van der Waals surface area contributed by atoms with Crippen LogP contribution in [0.2, 0.25) is 0 Å². The van der Waals surface area contributed by atoms with Crippen molar-refractivity contribution in [1.82, 2.24) is 9.97 Å². The molecule has 2 heterocycles. The minimum Gasteiger partial charge on any atom is -0.493 e. The first-order valence-electron chi connectivity index (χ1n) is 8.42. The number of methoxy groups -OCH3 is 1. The monoisotopic (exact) mass is 365 g/mol. The fourth-order valence-electron chi connectivity index (χ4n) is 2.81. The second-order valence-corrected chi connectivity index (χ2v) is 7.03. The normalized spacial score (nSPS) is 13.7. The van der Waals surface area contributed by atoms with Crippen LogP contribution in [0, 0.1) is 5.92 Å². The van der Waals surface area contributed by atoms with Gasteiger partial charge in [-0.1, -0.05) is 13.8 Å². The zero-order chi connectivity index (χ0) is 19.3. The van der Waals surface area contributed by atoms with Crippen LogP contribution in [-0.4, -0.2) is 29.2 Å². The van der Waals surface area contributed by atoms with E-state index in [9.17, 15) is 8.78 Å². The van der Waals surface area contributed by atoms with Gasteiger partial charge in [0.05, 0.1) is 19.0 Å². The van der Waals surface area contributed by atoms with Crippen molar-refractivity contribution in [2.45, 2.75) is 39.2 Å². The lowest BCUT2D eigenvalue weighted by molar-refractivity contribution is 0.146. The Morgan fingerprint density at radius 2 is 1.92 bits per heavy atom. The van der Waals surface area contributed by atoms with Gasteiger partial charge in [0.25, 0.3) is 6.43 Å². The summed E-state index contributed by atoms with van der Waals surface area (Å²) in [5, 5.41) is 0. The predicted octanol–water partition coefficient (Wildman–Crippen LogP) is 4.23. The van der Waals surface area contributed by atoms with Crippen molar-refractivity contribution in [1.29, 1.82) is 0 Å². The number of nitrogens with two attached hydrogens (primary N) is 1. The first-order valence-corrected chi connectivity index (χ1v) is 8.42. The van der Waals surface area contributed by atoms with Crippen molar-refractivity contribution in [3.8, 4) is 22.8 Å². The molecule has 2 aromatic heterocycles. The minimum absolute atomic E-state index is 0.295. The molecule has 7 heteroatoms. The van der Waals surface area contributed by atoms with E-state index >= 15 is 0 Å². The lowest BCUT2D eigenvalue weighted by Crippen LogP contribution is -2.43. The van der Waals surface area contributed by atoms with Crippen molar-refractivity contribution in [2.24, 2.45) is 11.7 Å². The summed E-state index contributed by atoms with van der Waals surface area (Å²) in [4.78, 5) is 7.96. The molecule has 2 aromatic rings. The maximum absolute atomic E-state index is 12.8. The van der Waals surface area contributed by atoms with Gasteiger partial charge in [-0.05, 0) is 31.4 Å². The van der Waals surface area contributed by atoms with Crippen molar-refractivity contribution in [3.05, 3.63) is 36.3 Å². The summed E-state index contributed by atoms with van der Waals surface area (Å²) in [6.07, 6.45) is 1.03. The number of alkyl halides is 2. The Bertz CT molecular complexity index is 736. The number of halogens is 2. The third kappa shape index (κ3) is 5.36. The smallest absolute Gasteiger partial charge is 0.280 e. The number of aromatic nitrogens is 2. The summed E-state index contributed by atoms with van der Waals surface area (Å²) < 4.78 is 36.8. The molecule has 0 saturated heterocycles. The third-order valence-corrected chi connectivity index (χ3v) is 3.78. The number of pyridine rings is 2. The van der Waals surface area contributed by atoms with E-state index in [2.05, 4.69) is 23.8 Å². The molecule has 0 spiro atoms. The molecule has 0 fully saturated rings. The zero-order valence-corrected chi connectivity index (χ0v) is 15.5. The molecule has 0 aromatic carbocycles. The fourth-order valence-corrected chi connectivity index (χ4v) is 2.81. The van der Waals surface area contributed by atoms with Crippen LogP contribution in [0.5, 0.6) is 11.5 Å². The molecular formula is C19H25F2N3O2. The summed E-state index contributed by atoms with van der Waals surface area (Å²) in [7, 11) is 1.51. The highest BCUT2D eigenvalue weighted by Crippen LogP contribution is 2.32. The number of nitrogens with zero attached hydrogens (tertiary/aromatic N) is 2. The molecule has 0 amide bonds. The Balaban J connectivity index is 2.21. The Labute approximate surface area is 152 Å². The second-order valence-electron chi connectivity index (χ2n) is 7.03. The first kappa shape index (κ1) is 20.0. The molecule has 1 atom stereocenters. The van der Waals surface area contributed by atoms with Crippen LogP contribution in [0.15, 0.2) is 30.6 Å². The third-order valence-electron chi connectivity index (χ3n) is 3.78. The average molecular weight is 365 g/mol. The van der Waals surface area contributed by atoms with Gasteiger partial charge >= 0.3 is 0 Å². The van der Waals surface area contributed by atoms with E-state index in [-0.39, 0.29) is 5.69 Å². The van der Waals surface area contributed by atoms with Gasteiger partial charge in [-0.15, -0.1) is 0 Å². The molecule has 0 saturated carbocycles. The van der Waals surface area contributed by atoms with E-state index in [0.717, 1.165) is 6.42 Å². The molecule has 0 radical (unpaired) electrons. The minimum atomic E-state index is -2.64. The number of rotatable bonds is 8. The van der Waals surface area contributed by atoms with E-state index in [4.69, 9.17) is 15.2 Å². The molecule has 2 N–H and O–H groups in total. The molecule has 0 aliphatic rings. The van der Waals surface area contributed by atoms with Crippen LogP contribution < -0.4 is 15.2 Å². The summed E-state index contributed by atoms with van der Waals surface area (Å²) in [5.41, 5.74) is 6.51. The van der Waals surface area contributed by atoms with Gasteiger partial charge in [0, 0.05) is 23.4 Å². The maximum atomic E-state index is 12.8. The molecule has 26 heavy (non-hydrogen) atoms. The van der Waals surface area contributed by atoms with Crippen LogP contribution in [-0.2, 0) is 0 Å². The van der Waals surface area contributed by atoms with E-state index in [0.29, 0.717) is 35.3 Å². The summed E-state index contributed by atoms with van der Waals surface area (Å²) in [6, 6.07) is 4.58. The van der Waals surface area contributed by atoms with E-state index in [1.54, 1.807) is 12.1 Å². The lowest BCUT2D eigenvalue weighted by atomic mass is 9.93. The van der Waals surface area contributed by atoms with Crippen molar-refractivity contribution in [2.75, 3.05) is 13.7 Å². The van der Waals surface area contributed by atoms with Crippen LogP contribution in [0.1, 0.15) is 39.3 Å². The van der Waals surface area contributed by atoms with Gasteiger partial charge in [0.15, 0.2) is 11.5 Å². The lowest BCUT2D eigenvalue weighted by Gasteiger charge is -2.27. The van der Waals surface area contributed by atoms with Crippen LogP contribution >= 0.6 is 0 Å². The average Bonchev–Trinajstić information content (AvgIpc) is 2.59. The predicted molar refractivity (Wildman–Crippen MR) is 96.5 cm³/mol. The number of hydrogen-bond acceptors (Lipinski definition) is 5. The van der Waals surface area contributed by atoms with Gasteiger partial charge in [-0.25, -0.2) is 8.78 Å².